The number of hydrogen-bond donors (Lipinski definition) is 2. The number of carboxylic acid groups (broad SMARTS) is 1. The summed E-state index contributed by atoms with van der Waals surface area (Å²) >= 11 is 0. The predicted octanol–water partition coefficient (Wildman–Crippen LogP) is 1.95. The zero-order valence-corrected chi connectivity index (χ0v) is 17.9. The van der Waals surface area contributed by atoms with Gasteiger partial charge in [0.05, 0.1) is 0 Å². The Labute approximate surface area is 177 Å². The summed E-state index contributed by atoms with van der Waals surface area (Å²) in [6, 6.07) is 7.90. The second-order valence-electron chi connectivity index (χ2n) is 7.85. The Bertz CT molecular complexity index is 804. The third kappa shape index (κ3) is 6.14. The monoisotopic (exact) mass is 416 g/mol. The third-order valence-electron chi connectivity index (χ3n) is 5.17. The van der Waals surface area contributed by atoms with E-state index in [-0.39, 0.29) is 25.0 Å². The van der Waals surface area contributed by atoms with Crippen LogP contribution in [0.15, 0.2) is 36.7 Å². The molecule has 1 unspecified atom stereocenters. The lowest BCUT2D eigenvalue weighted by molar-refractivity contribution is -0.122. The SMILES string of the molecule is CC(C)CN1CCN(C(=O)c2ccc(-c3nccn3C)cc2)CC1CCO.O=CO. The molecule has 0 aliphatic carbocycles. The van der Waals surface area contributed by atoms with Gasteiger partial charge in [-0.25, -0.2) is 4.98 Å². The van der Waals surface area contributed by atoms with Gasteiger partial charge in [-0.3, -0.25) is 14.5 Å². The highest BCUT2D eigenvalue weighted by Crippen LogP contribution is 2.20. The number of hydrogen-bond acceptors (Lipinski definition) is 5. The van der Waals surface area contributed by atoms with Crippen LogP contribution in [-0.4, -0.2) is 80.8 Å². The summed E-state index contributed by atoms with van der Waals surface area (Å²) < 4.78 is 1.96. The van der Waals surface area contributed by atoms with Gasteiger partial charge in [0.25, 0.3) is 12.4 Å². The molecule has 1 aliphatic heterocycles. The molecular weight excluding hydrogens is 384 g/mol. The maximum Gasteiger partial charge on any atom is 0.290 e. The molecule has 3 rings (SSSR count). The molecular formula is C22H32N4O4. The van der Waals surface area contributed by atoms with Gasteiger partial charge in [0.1, 0.15) is 5.82 Å². The van der Waals surface area contributed by atoms with Crippen molar-refractivity contribution >= 4 is 12.4 Å². The topological polar surface area (TPSA) is 98.9 Å². The third-order valence-corrected chi connectivity index (χ3v) is 5.17. The smallest absolute Gasteiger partial charge is 0.290 e. The quantitative estimate of drug-likeness (QED) is 0.699. The highest BCUT2D eigenvalue weighted by molar-refractivity contribution is 5.94. The molecule has 1 aromatic carbocycles. The van der Waals surface area contributed by atoms with Crippen LogP contribution in [0.2, 0.25) is 0 Å². The molecule has 2 heterocycles. The maximum absolute atomic E-state index is 13.0. The number of amides is 1. The van der Waals surface area contributed by atoms with Crippen molar-refractivity contribution in [2.24, 2.45) is 13.0 Å². The standard InChI is InChI=1S/C21H30N4O2.CH2O2/c1-16(2)14-24-11-12-25(15-19(24)8-13-26)21(27)18-6-4-17(5-7-18)20-22-9-10-23(20)3;2-1-3/h4-7,9-10,16,19,26H,8,11-15H2,1-3H3;1H,(H,2,3). The van der Waals surface area contributed by atoms with E-state index in [4.69, 9.17) is 9.90 Å². The summed E-state index contributed by atoms with van der Waals surface area (Å²) in [4.78, 5) is 30.0. The van der Waals surface area contributed by atoms with Crippen LogP contribution >= 0.6 is 0 Å². The Kier molecular flexibility index (Phi) is 9.01. The summed E-state index contributed by atoms with van der Waals surface area (Å²) in [5.41, 5.74) is 1.70. The number of aryl methyl sites for hydroxylation is 1. The Morgan fingerprint density at radius 2 is 1.93 bits per heavy atom. The molecule has 0 bridgehead atoms. The van der Waals surface area contributed by atoms with Crippen molar-refractivity contribution in [3.8, 4) is 11.4 Å². The van der Waals surface area contributed by atoms with Gasteiger partial charge in [0, 0.05) is 69.4 Å². The van der Waals surface area contributed by atoms with Crippen LogP contribution < -0.4 is 0 Å². The molecule has 1 fully saturated rings. The first-order valence-corrected chi connectivity index (χ1v) is 10.2. The molecule has 1 aromatic heterocycles. The molecule has 0 saturated carbocycles. The largest absolute Gasteiger partial charge is 0.483 e. The number of aliphatic hydroxyl groups excluding tert-OH is 1. The van der Waals surface area contributed by atoms with Crippen molar-refractivity contribution in [1.29, 1.82) is 0 Å². The summed E-state index contributed by atoms with van der Waals surface area (Å²) in [6.45, 7) is 7.58. The van der Waals surface area contributed by atoms with Crippen molar-refractivity contribution in [1.82, 2.24) is 19.4 Å². The van der Waals surface area contributed by atoms with E-state index in [9.17, 15) is 9.90 Å². The van der Waals surface area contributed by atoms with Gasteiger partial charge in [-0.15, -0.1) is 0 Å². The van der Waals surface area contributed by atoms with E-state index in [2.05, 4.69) is 23.7 Å². The van der Waals surface area contributed by atoms with E-state index in [0.29, 0.717) is 24.4 Å². The molecule has 0 spiro atoms. The fourth-order valence-electron chi connectivity index (χ4n) is 3.80. The van der Waals surface area contributed by atoms with Crippen LogP contribution in [0.25, 0.3) is 11.4 Å². The highest BCUT2D eigenvalue weighted by Gasteiger charge is 2.29. The first kappa shape index (κ1) is 23.6. The van der Waals surface area contributed by atoms with Crippen molar-refractivity contribution < 1.29 is 19.8 Å². The van der Waals surface area contributed by atoms with Gasteiger partial charge in [0.15, 0.2) is 0 Å². The van der Waals surface area contributed by atoms with Gasteiger partial charge < -0.3 is 19.7 Å². The molecule has 2 aromatic rings. The molecule has 2 N–H and O–H groups in total. The zero-order valence-electron chi connectivity index (χ0n) is 17.9. The van der Waals surface area contributed by atoms with Gasteiger partial charge >= 0.3 is 0 Å². The molecule has 8 nitrogen and oxygen atoms in total. The van der Waals surface area contributed by atoms with E-state index in [1.807, 2.05) is 47.0 Å². The molecule has 1 atom stereocenters. The number of carbonyl (C=O) groups excluding carboxylic acids is 1. The fraction of sp³-hybridized carbons (Fsp3) is 0.500. The molecule has 1 aliphatic rings. The molecule has 30 heavy (non-hydrogen) atoms. The zero-order chi connectivity index (χ0) is 22.1. The number of carbonyl (C=O) groups is 2. The van der Waals surface area contributed by atoms with Crippen molar-refractivity contribution in [2.75, 3.05) is 32.8 Å². The predicted molar refractivity (Wildman–Crippen MR) is 115 cm³/mol. The number of aliphatic hydroxyl groups is 1. The number of imidazole rings is 1. The van der Waals surface area contributed by atoms with E-state index >= 15 is 0 Å². The number of rotatable bonds is 6. The average molecular weight is 417 g/mol. The minimum Gasteiger partial charge on any atom is -0.483 e. The lowest BCUT2D eigenvalue weighted by Crippen LogP contribution is -2.55. The van der Waals surface area contributed by atoms with E-state index in [1.165, 1.54) is 0 Å². The van der Waals surface area contributed by atoms with Crippen molar-refractivity contribution in [3.05, 3.63) is 42.2 Å². The van der Waals surface area contributed by atoms with E-state index in [1.54, 1.807) is 6.20 Å². The number of aromatic nitrogens is 2. The first-order valence-electron chi connectivity index (χ1n) is 10.2. The van der Waals surface area contributed by atoms with Gasteiger partial charge in [-0.05, 0) is 24.5 Å². The second kappa shape index (κ2) is 11.5. The second-order valence-corrected chi connectivity index (χ2v) is 7.85. The summed E-state index contributed by atoms with van der Waals surface area (Å²) in [6.07, 6.45) is 4.38. The maximum atomic E-state index is 13.0. The number of benzene rings is 1. The molecule has 1 amide bonds. The molecule has 1 saturated heterocycles. The Morgan fingerprint density at radius 3 is 2.47 bits per heavy atom. The Balaban J connectivity index is 0.00000101. The lowest BCUT2D eigenvalue weighted by atomic mass is 10.0. The van der Waals surface area contributed by atoms with Crippen LogP contribution in [-0.2, 0) is 11.8 Å². The van der Waals surface area contributed by atoms with Crippen LogP contribution in [0.3, 0.4) is 0 Å². The number of nitrogens with zero attached hydrogens (tertiary/aromatic N) is 4. The van der Waals surface area contributed by atoms with Crippen molar-refractivity contribution in [2.45, 2.75) is 26.3 Å². The average Bonchev–Trinajstić information content (AvgIpc) is 3.15. The van der Waals surface area contributed by atoms with Crippen LogP contribution in [0.4, 0.5) is 0 Å². The van der Waals surface area contributed by atoms with Gasteiger partial charge in [-0.1, -0.05) is 26.0 Å². The minimum atomic E-state index is -0.250. The van der Waals surface area contributed by atoms with Crippen LogP contribution in [0.1, 0.15) is 30.6 Å². The molecule has 164 valence electrons. The minimum absolute atomic E-state index is 0.0635. The van der Waals surface area contributed by atoms with Gasteiger partial charge in [-0.2, -0.15) is 0 Å². The Morgan fingerprint density at radius 1 is 1.27 bits per heavy atom. The van der Waals surface area contributed by atoms with Gasteiger partial charge in [0.2, 0.25) is 0 Å². The molecule has 0 radical (unpaired) electrons. The molecule has 8 heteroatoms. The first-order chi connectivity index (χ1) is 14.4. The highest BCUT2D eigenvalue weighted by atomic mass is 16.3. The lowest BCUT2D eigenvalue weighted by Gasteiger charge is -2.42. The van der Waals surface area contributed by atoms with E-state index < -0.39 is 0 Å². The van der Waals surface area contributed by atoms with Crippen LogP contribution in [0, 0.1) is 5.92 Å². The summed E-state index contributed by atoms with van der Waals surface area (Å²) in [5.74, 6) is 1.53. The normalized spacial score (nSPS) is 16.8. The Hall–Kier alpha value is -2.71. The number of piperazine rings is 1. The fourth-order valence-corrected chi connectivity index (χ4v) is 3.80. The van der Waals surface area contributed by atoms with Crippen molar-refractivity contribution in [3.63, 3.8) is 0 Å². The van der Waals surface area contributed by atoms with Crippen LogP contribution in [0.5, 0.6) is 0 Å². The summed E-state index contributed by atoms with van der Waals surface area (Å²) in [5, 5.41) is 16.3. The summed E-state index contributed by atoms with van der Waals surface area (Å²) in [7, 11) is 1.96. The van der Waals surface area contributed by atoms with E-state index in [0.717, 1.165) is 31.0 Å².